The number of nitrogens with zero attached hydrogens (tertiary/aromatic N) is 1. The second-order valence-corrected chi connectivity index (χ2v) is 8.34. The fourth-order valence-corrected chi connectivity index (χ4v) is 4.62. The number of benzene rings is 2. The normalized spacial score (nSPS) is 15.3. The zero-order chi connectivity index (χ0) is 19.3. The lowest BCUT2D eigenvalue weighted by atomic mass is 10.2. The molecule has 144 valence electrons. The van der Waals surface area contributed by atoms with Crippen molar-refractivity contribution < 1.29 is 17.9 Å². The summed E-state index contributed by atoms with van der Waals surface area (Å²) in [6.07, 6.45) is 2.80. The average Bonchev–Trinajstić information content (AvgIpc) is 2.70. The van der Waals surface area contributed by atoms with E-state index in [1.807, 2.05) is 6.92 Å². The minimum atomic E-state index is -3.57. The molecule has 1 amide bonds. The molecule has 0 aromatic heterocycles. The molecule has 0 unspecified atom stereocenters. The maximum Gasteiger partial charge on any atom is 0.255 e. The first-order chi connectivity index (χ1) is 13.0. The van der Waals surface area contributed by atoms with Crippen molar-refractivity contribution >= 4 is 21.6 Å². The van der Waals surface area contributed by atoms with Gasteiger partial charge in [-0.2, -0.15) is 4.31 Å². The Morgan fingerprint density at radius 3 is 2.44 bits per heavy atom. The first-order valence-electron chi connectivity index (χ1n) is 9.15. The van der Waals surface area contributed by atoms with Crippen LogP contribution in [0.1, 0.15) is 36.5 Å². The third kappa shape index (κ3) is 4.67. The molecule has 2 aromatic rings. The quantitative estimate of drug-likeness (QED) is 0.822. The highest BCUT2D eigenvalue weighted by Crippen LogP contribution is 2.22. The van der Waals surface area contributed by atoms with Gasteiger partial charge in [0.2, 0.25) is 10.0 Å². The molecular weight excluding hydrogens is 364 g/mol. The number of nitrogens with one attached hydrogen (secondary N) is 1. The van der Waals surface area contributed by atoms with Crippen molar-refractivity contribution in [3.05, 3.63) is 54.1 Å². The molecule has 0 saturated carbocycles. The van der Waals surface area contributed by atoms with Crippen LogP contribution in [0.5, 0.6) is 5.75 Å². The fourth-order valence-electron chi connectivity index (χ4n) is 3.06. The molecule has 1 fully saturated rings. The topological polar surface area (TPSA) is 75.7 Å². The van der Waals surface area contributed by atoms with Gasteiger partial charge in [-0.25, -0.2) is 8.42 Å². The lowest BCUT2D eigenvalue weighted by Gasteiger charge is -2.26. The van der Waals surface area contributed by atoms with Gasteiger partial charge < -0.3 is 10.1 Å². The van der Waals surface area contributed by atoms with Crippen molar-refractivity contribution in [1.82, 2.24) is 4.31 Å². The Labute approximate surface area is 160 Å². The van der Waals surface area contributed by atoms with E-state index in [4.69, 9.17) is 4.74 Å². The molecule has 1 aliphatic heterocycles. The summed E-state index contributed by atoms with van der Waals surface area (Å²) in [5, 5.41) is 2.78. The van der Waals surface area contributed by atoms with Gasteiger partial charge >= 0.3 is 0 Å². The number of rotatable bonds is 6. The summed E-state index contributed by atoms with van der Waals surface area (Å²) in [7, 11) is -3.57. The van der Waals surface area contributed by atoms with E-state index < -0.39 is 10.0 Å². The second kappa shape index (κ2) is 8.54. The SMILES string of the molecule is CCOc1ccc(NC(=O)c2cccc(S(=O)(=O)N3CCCCC3)c2)cc1. The van der Waals surface area contributed by atoms with Crippen LogP contribution >= 0.6 is 0 Å². The van der Waals surface area contributed by atoms with E-state index >= 15 is 0 Å². The van der Waals surface area contributed by atoms with Gasteiger partial charge in [-0.1, -0.05) is 12.5 Å². The minimum Gasteiger partial charge on any atom is -0.494 e. The van der Waals surface area contributed by atoms with Gasteiger partial charge in [0, 0.05) is 24.3 Å². The van der Waals surface area contributed by atoms with E-state index in [9.17, 15) is 13.2 Å². The number of carbonyl (C=O) groups is 1. The Morgan fingerprint density at radius 1 is 1.07 bits per heavy atom. The van der Waals surface area contributed by atoms with Crippen LogP contribution in [0.25, 0.3) is 0 Å². The summed E-state index contributed by atoms with van der Waals surface area (Å²) < 4.78 is 32.5. The van der Waals surface area contributed by atoms with Crippen molar-refractivity contribution in [2.24, 2.45) is 0 Å². The Bertz CT molecular complexity index is 888. The van der Waals surface area contributed by atoms with Crippen molar-refractivity contribution in [1.29, 1.82) is 0 Å². The van der Waals surface area contributed by atoms with Gasteiger partial charge in [-0.05, 0) is 62.2 Å². The highest BCUT2D eigenvalue weighted by atomic mass is 32.2. The molecule has 1 aliphatic rings. The molecule has 1 saturated heterocycles. The highest BCUT2D eigenvalue weighted by molar-refractivity contribution is 7.89. The molecule has 0 bridgehead atoms. The standard InChI is InChI=1S/C20H24N2O4S/c1-2-26-18-11-9-17(10-12-18)21-20(23)16-7-6-8-19(15-16)27(24,25)22-13-4-3-5-14-22/h6-12,15H,2-5,13-14H2,1H3,(H,21,23). The fraction of sp³-hybridized carbons (Fsp3) is 0.350. The summed E-state index contributed by atoms with van der Waals surface area (Å²) in [5.74, 6) is 0.375. The lowest BCUT2D eigenvalue weighted by Crippen LogP contribution is -2.35. The number of piperidine rings is 1. The van der Waals surface area contributed by atoms with Crippen molar-refractivity contribution in [3.63, 3.8) is 0 Å². The van der Waals surface area contributed by atoms with Crippen LogP contribution in [0.4, 0.5) is 5.69 Å². The zero-order valence-electron chi connectivity index (χ0n) is 15.3. The van der Waals surface area contributed by atoms with E-state index in [0.29, 0.717) is 30.9 Å². The van der Waals surface area contributed by atoms with E-state index in [-0.39, 0.29) is 10.8 Å². The van der Waals surface area contributed by atoms with Gasteiger partial charge in [0.15, 0.2) is 0 Å². The number of sulfonamides is 1. The predicted molar refractivity (Wildman–Crippen MR) is 105 cm³/mol. The van der Waals surface area contributed by atoms with Gasteiger partial charge in [-0.3, -0.25) is 4.79 Å². The summed E-state index contributed by atoms with van der Waals surface area (Å²) >= 11 is 0. The molecule has 0 aliphatic carbocycles. The monoisotopic (exact) mass is 388 g/mol. The van der Waals surface area contributed by atoms with Crippen LogP contribution < -0.4 is 10.1 Å². The van der Waals surface area contributed by atoms with E-state index in [1.165, 1.54) is 16.4 Å². The van der Waals surface area contributed by atoms with Crippen LogP contribution in [-0.2, 0) is 10.0 Å². The molecule has 27 heavy (non-hydrogen) atoms. The lowest BCUT2D eigenvalue weighted by molar-refractivity contribution is 0.102. The third-order valence-electron chi connectivity index (χ3n) is 4.47. The first-order valence-corrected chi connectivity index (χ1v) is 10.6. The van der Waals surface area contributed by atoms with Crippen LogP contribution in [0, 0.1) is 0 Å². The zero-order valence-corrected chi connectivity index (χ0v) is 16.2. The van der Waals surface area contributed by atoms with Crippen molar-refractivity contribution in [2.45, 2.75) is 31.1 Å². The Hall–Kier alpha value is -2.38. The molecule has 1 heterocycles. The number of anilines is 1. The number of amides is 1. The highest BCUT2D eigenvalue weighted by Gasteiger charge is 2.26. The molecule has 0 radical (unpaired) electrons. The smallest absolute Gasteiger partial charge is 0.255 e. The minimum absolute atomic E-state index is 0.156. The average molecular weight is 388 g/mol. The number of hydrogen-bond acceptors (Lipinski definition) is 4. The molecular formula is C20H24N2O4S. The molecule has 0 spiro atoms. The molecule has 0 atom stereocenters. The number of ether oxygens (including phenoxy) is 1. The molecule has 7 heteroatoms. The number of hydrogen-bond donors (Lipinski definition) is 1. The van der Waals surface area contributed by atoms with Crippen LogP contribution in [0.2, 0.25) is 0 Å². The predicted octanol–water partition coefficient (Wildman–Crippen LogP) is 3.51. The van der Waals surface area contributed by atoms with Crippen molar-refractivity contribution in [3.8, 4) is 5.75 Å². The second-order valence-electron chi connectivity index (χ2n) is 6.40. The van der Waals surface area contributed by atoms with E-state index in [2.05, 4.69) is 5.32 Å². The summed E-state index contributed by atoms with van der Waals surface area (Å²) in [4.78, 5) is 12.7. The summed E-state index contributed by atoms with van der Waals surface area (Å²) in [5.41, 5.74) is 0.926. The van der Waals surface area contributed by atoms with E-state index in [0.717, 1.165) is 25.0 Å². The summed E-state index contributed by atoms with van der Waals surface area (Å²) in [6.45, 7) is 3.54. The number of carbonyl (C=O) groups excluding carboxylic acids is 1. The van der Waals surface area contributed by atoms with Gasteiger partial charge in [0.25, 0.3) is 5.91 Å². The summed E-state index contributed by atoms with van der Waals surface area (Å²) in [6, 6.07) is 13.2. The maximum absolute atomic E-state index is 12.8. The van der Waals surface area contributed by atoms with Gasteiger partial charge in [0.1, 0.15) is 5.75 Å². The van der Waals surface area contributed by atoms with Crippen LogP contribution in [0.3, 0.4) is 0 Å². The Morgan fingerprint density at radius 2 is 1.78 bits per heavy atom. The first kappa shape index (κ1) is 19.4. The molecule has 1 N–H and O–H groups in total. The van der Waals surface area contributed by atoms with Gasteiger partial charge in [0.05, 0.1) is 11.5 Å². The Kier molecular flexibility index (Phi) is 6.13. The Balaban J connectivity index is 1.75. The maximum atomic E-state index is 12.8. The van der Waals surface area contributed by atoms with Crippen molar-refractivity contribution in [2.75, 3.05) is 25.0 Å². The van der Waals surface area contributed by atoms with Crippen LogP contribution in [0.15, 0.2) is 53.4 Å². The van der Waals surface area contributed by atoms with E-state index in [1.54, 1.807) is 36.4 Å². The molecule has 3 rings (SSSR count). The van der Waals surface area contributed by atoms with Crippen LogP contribution in [-0.4, -0.2) is 38.3 Å². The largest absolute Gasteiger partial charge is 0.494 e. The molecule has 2 aromatic carbocycles. The van der Waals surface area contributed by atoms with Gasteiger partial charge in [-0.15, -0.1) is 0 Å². The third-order valence-corrected chi connectivity index (χ3v) is 6.37. The molecule has 6 nitrogen and oxygen atoms in total.